The lowest BCUT2D eigenvalue weighted by atomic mass is 10.1. The molecule has 0 aliphatic carbocycles. The fourth-order valence-electron chi connectivity index (χ4n) is 3.73. The molecule has 0 amide bonds. The van der Waals surface area contributed by atoms with Crippen LogP contribution in [0.5, 0.6) is 5.75 Å². The van der Waals surface area contributed by atoms with E-state index in [-0.39, 0.29) is 6.67 Å². The van der Waals surface area contributed by atoms with Crippen LogP contribution in [-0.2, 0) is 0 Å². The zero-order chi connectivity index (χ0) is 19.7. The summed E-state index contributed by atoms with van der Waals surface area (Å²) in [5, 5.41) is 0.576. The van der Waals surface area contributed by atoms with E-state index in [1.54, 1.807) is 7.11 Å². The Balaban J connectivity index is 1.60. The normalized spacial score (nSPS) is 15.4. The summed E-state index contributed by atoms with van der Waals surface area (Å²) in [6, 6.07) is 8.05. The Kier molecular flexibility index (Phi) is 5.42. The maximum absolute atomic E-state index is 12.5. The van der Waals surface area contributed by atoms with Crippen molar-refractivity contribution < 1.29 is 9.13 Å². The molecule has 2 aromatic heterocycles. The van der Waals surface area contributed by atoms with Crippen molar-refractivity contribution in [1.29, 1.82) is 0 Å². The van der Waals surface area contributed by atoms with Crippen LogP contribution in [0.25, 0.3) is 16.9 Å². The van der Waals surface area contributed by atoms with Crippen LogP contribution in [0.4, 0.5) is 10.1 Å². The summed E-state index contributed by atoms with van der Waals surface area (Å²) in [6.45, 7) is 5.85. The van der Waals surface area contributed by atoms with Gasteiger partial charge in [0, 0.05) is 62.4 Å². The van der Waals surface area contributed by atoms with Crippen molar-refractivity contribution in [1.82, 2.24) is 14.3 Å². The van der Waals surface area contributed by atoms with Crippen LogP contribution in [0, 0.1) is 6.92 Å². The highest BCUT2D eigenvalue weighted by molar-refractivity contribution is 6.32. The number of halogens is 2. The van der Waals surface area contributed by atoms with Crippen molar-refractivity contribution in [2.45, 2.75) is 6.92 Å². The van der Waals surface area contributed by atoms with Gasteiger partial charge in [-0.15, -0.1) is 0 Å². The quantitative estimate of drug-likeness (QED) is 0.644. The number of hydrogen-bond acceptors (Lipinski definition) is 4. The second kappa shape index (κ2) is 7.97. The van der Waals surface area contributed by atoms with Crippen molar-refractivity contribution in [2.75, 3.05) is 51.4 Å². The van der Waals surface area contributed by atoms with Crippen LogP contribution in [0.2, 0.25) is 5.02 Å². The Labute approximate surface area is 169 Å². The zero-order valence-corrected chi connectivity index (χ0v) is 16.9. The van der Waals surface area contributed by atoms with Crippen LogP contribution in [0.1, 0.15) is 5.56 Å². The second-order valence-corrected chi connectivity index (χ2v) is 7.50. The molecule has 4 rings (SSSR count). The molecule has 1 aliphatic heterocycles. The first kappa shape index (κ1) is 19.0. The number of pyridine rings is 1. The number of nitrogens with zero attached hydrogens (tertiary/aromatic N) is 4. The highest BCUT2D eigenvalue weighted by Gasteiger charge is 2.18. The fourth-order valence-corrected chi connectivity index (χ4v) is 3.98. The average molecular weight is 403 g/mol. The van der Waals surface area contributed by atoms with Gasteiger partial charge in [-0.2, -0.15) is 0 Å². The molecule has 1 saturated heterocycles. The molecule has 3 aromatic rings. The van der Waals surface area contributed by atoms with E-state index in [4.69, 9.17) is 21.3 Å². The Bertz CT molecular complexity index is 982. The van der Waals surface area contributed by atoms with Gasteiger partial charge in [0.1, 0.15) is 18.1 Å². The SMILES string of the molecule is COc1cc(C)c(-c2cn3ccc(N4CCN(CCF)CC4)cc3n2)cc1Cl. The number of rotatable bonds is 5. The van der Waals surface area contributed by atoms with Gasteiger partial charge in [-0.1, -0.05) is 11.6 Å². The molecule has 0 unspecified atom stereocenters. The molecule has 1 aromatic carbocycles. The van der Waals surface area contributed by atoms with Crippen LogP contribution in [-0.4, -0.2) is 60.8 Å². The van der Waals surface area contributed by atoms with Gasteiger partial charge < -0.3 is 14.0 Å². The Morgan fingerprint density at radius 2 is 1.96 bits per heavy atom. The number of aryl methyl sites for hydroxylation is 1. The predicted molar refractivity (Wildman–Crippen MR) is 112 cm³/mol. The molecule has 0 saturated carbocycles. The summed E-state index contributed by atoms with van der Waals surface area (Å²) in [4.78, 5) is 9.31. The lowest BCUT2D eigenvalue weighted by Gasteiger charge is -2.35. The molecule has 7 heteroatoms. The van der Waals surface area contributed by atoms with Gasteiger partial charge in [-0.25, -0.2) is 9.37 Å². The van der Waals surface area contributed by atoms with Crippen molar-refractivity contribution in [3.8, 4) is 17.0 Å². The van der Waals surface area contributed by atoms with Gasteiger partial charge in [-0.05, 0) is 30.7 Å². The standard InChI is InChI=1S/C21H24ClFN4O/c1-15-11-20(28-2)18(22)13-17(15)19-14-27-5-3-16(12-21(27)24-19)26-9-7-25(6-4-23)8-10-26/h3,5,11-14H,4,6-10H2,1-2H3. The molecule has 1 aliphatic rings. The van der Waals surface area contributed by atoms with E-state index in [1.807, 2.05) is 35.9 Å². The molecular formula is C21H24ClFN4O. The number of methoxy groups -OCH3 is 1. The summed E-state index contributed by atoms with van der Waals surface area (Å²) in [6.07, 6.45) is 4.05. The zero-order valence-electron chi connectivity index (χ0n) is 16.2. The highest BCUT2D eigenvalue weighted by Crippen LogP contribution is 2.33. The molecule has 1 fully saturated rings. The Hall–Kier alpha value is -2.31. The molecule has 0 N–H and O–H groups in total. The molecule has 3 heterocycles. The topological polar surface area (TPSA) is 33.0 Å². The number of aromatic nitrogens is 2. The van der Waals surface area contributed by atoms with E-state index < -0.39 is 0 Å². The summed E-state index contributed by atoms with van der Waals surface area (Å²) in [7, 11) is 1.62. The van der Waals surface area contributed by atoms with E-state index in [1.165, 1.54) is 0 Å². The van der Waals surface area contributed by atoms with Gasteiger partial charge >= 0.3 is 0 Å². The molecule has 0 radical (unpaired) electrons. The number of benzene rings is 1. The predicted octanol–water partition coefficient (Wildman–Crippen LogP) is 4.06. The molecule has 0 spiro atoms. The summed E-state index contributed by atoms with van der Waals surface area (Å²) >= 11 is 6.32. The van der Waals surface area contributed by atoms with Gasteiger partial charge in [0.05, 0.1) is 17.8 Å². The van der Waals surface area contributed by atoms with E-state index in [0.717, 1.165) is 54.3 Å². The molecule has 28 heavy (non-hydrogen) atoms. The minimum atomic E-state index is -0.280. The summed E-state index contributed by atoms with van der Waals surface area (Å²) in [5.41, 5.74) is 4.98. The number of alkyl halides is 1. The molecular weight excluding hydrogens is 379 g/mol. The summed E-state index contributed by atoms with van der Waals surface area (Å²) < 4.78 is 19.8. The van der Waals surface area contributed by atoms with Crippen LogP contribution >= 0.6 is 11.6 Å². The van der Waals surface area contributed by atoms with E-state index in [9.17, 15) is 4.39 Å². The van der Waals surface area contributed by atoms with Crippen molar-refractivity contribution in [3.63, 3.8) is 0 Å². The molecule has 0 atom stereocenters. The van der Waals surface area contributed by atoms with Gasteiger partial charge in [-0.3, -0.25) is 4.90 Å². The third-order valence-electron chi connectivity index (χ3n) is 5.36. The minimum Gasteiger partial charge on any atom is -0.495 e. The number of fused-ring (bicyclic) bond motifs is 1. The monoisotopic (exact) mass is 402 g/mol. The molecule has 0 bridgehead atoms. The lowest BCUT2D eigenvalue weighted by Crippen LogP contribution is -2.47. The van der Waals surface area contributed by atoms with Crippen LogP contribution < -0.4 is 9.64 Å². The second-order valence-electron chi connectivity index (χ2n) is 7.10. The molecule has 148 valence electrons. The smallest absolute Gasteiger partial charge is 0.139 e. The van der Waals surface area contributed by atoms with Crippen molar-refractivity contribution in [2.24, 2.45) is 0 Å². The number of ether oxygens (including phenoxy) is 1. The number of anilines is 1. The Morgan fingerprint density at radius 3 is 2.68 bits per heavy atom. The van der Waals surface area contributed by atoms with E-state index in [2.05, 4.69) is 21.9 Å². The maximum Gasteiger partial charge on any atom is 0.139 e. The largest absolute Gasteiger partial charge is 0.495 e. The van der Waals surface area contributed by atoms with E-state index in [0.29, 0.717) is 17.3 Å². The fraction of sp³-hybridized carbons (Fsp3) is 0.381. The third kappa shape index (κ3) is 3.66. The number of imidazole rings is 1. The number of piperazine rings is 1. The van der Waals surface area contributed by atoms with Gasteiger partial charge in [0.15, 0.2) is 0 Å². The molecule has 5 nitrogen and oxygen atoms in total. The first-order valence-corrected chi connectivity index (χ1v) is 9.83. The average Bonchev–Trinajstić information content (AvgIpc) is 3.13. The first-order chi connectivity index (χ1) is 13.6. The van der Waals surface area contributed by atoms with E-state index >= 15 is 0 Å². The van der Waals surface area contributed by atoms with Crippen LogP contribution in [0.15, 0.2) is 36.7 Å². The van der Waals surface area contributed by atoms with Crippen molar-refractivity contribution >= 4 is 22.9 Å². The van der Waals surface area contributed by atoms with Gasteiger partial charge in [0.2, 0.25) is 0 Å². The number of hydrogen-bond donors (Lipinski definition) is 0. The lowest BCUT2D eigenvalue weighted by molar-refractivity contribution is 0.235. The Morgan fingerprint density at radius 1 is 1.18 bits per heavy atom. The van der Waals surface area contributed by atoms with Crippen molar-refractivity contribution in [3.05, 3.63) is 47.2 Å². The first-order valence-electron chi connectivity index (χ1n) is 9.45. The summed E-state index contributed by atoms with van der Waals surface area (Å²) in [5.74, 6) is 0.667. The van der Waals surface area contributed by atoms with Crippen LogP contribution in [0.3, 0.4) is 0 Å². The van der Waals surface area contributed by atoms with Gasteiger partial charge in [0.25, 0.3) is 0 Å². The highest BCUT2D eigenvalue weighted by atomic mass is 35.5. The third-order valence-corrected chi connectivity index (χ3v) is 5.65. The maximum atomic E-state index is 12.5. The minimum absolute atomic E-state index is 0.280.